The third-order valence-electron chi connectivity index (χ3n) is 4.65. The molecular formula is C21H24N2O5. The molecule has 7 nitrogen and oxygen atoms in total. The zero-order chi connectivity index (χ0) is 19.9. The number of ether oxygens (including phenoxy) is 2. The van der Waals surface area contributed by atoms with E-state index in [1.54, 1.807) is 31.4 Å². The smallest absolute Gasteiger partial charge is 0.410 e. The molecule has 28 heavy (non-hydrogen) atoms. The van der Waals surface area contributed by atoms with Crippen LogP contribution >= 0.6 is 0 Å². The maximum absolute atomic E-state index is 12.5. The zero-order valence-electron chi connectivity index (χ0n) is 15.7. The van der Waals surface area contributed by atoms with Gasteiger partial charge in [-0.2, -0.15) is 0 Å². The molecule has 0 spiro atoms. The number of aliphatic hydroxyl groups is 1. The first kappa shape index (κ1) is 19.7. The van der Waals surface area contributed by atoms with Crippen LogP contribution in [0.4, 0.5) is 4.79 Å². The topological polar surface area (TPSA) is 88.1 Å². The summed E-state index contributed by atoms with van der Waals surface area (Å²) in [5.74, 6) is 0.412. The Morgan fingerprint density at radius 2 is 1.82 bits per heavy atom. The van der Waals surface area contributed by atoms with Gasteiger partial charge in [0.1, 0.15) is 18.4 Å². The van der Waals surface area contributed by atoms with Crippen LogP contribution in [0.5, 0.6) is 5.75 Å². The Labute approximate surface area is 163 Å². The number of nitrogens with zero attached hydrogens (tertiary/aromatic N) is 1. The van der Waals surface area contributed by atoms with Crippen LogP contribution in [0.2, 0.25) is 0 Å². The second-order valence-corrected chi connectivity index (χ2v) is 6.66. The van der Waals surface area contributed by atoms with Crippen LogP contribution in [0, 0.1) is 0 Å². The minimum atomic E-state index is -0.749. The highest BCUT2D eigenvalue weighted by Gasteiger charge is 2.39. The van der Waals surface area contributed by atoms with Crippen molar-refractivity contribution in [2.45, 2.75) is 31.7 Å². The fraction of sp³-hybridized carbons (Fsp3) is 0.333. The van der Waals surface area contributed by atoms with Gasteiger partial charge in [0, 0.05) is 13.0 Å². The van der Waals surface area contributed by atoms with E-state index < -0.39 is 18.2 Å². The summed E-state index contributed by atoms with van der Waals surface area (Å²) in [6, 6.07) is 15.9. The van der Waals surface area contributed by atoms with E-state index in [9.17, 15) is 14.7 Å². The third-order valence-corrected chi connectivity index (χ3v) is 4.65. The number of carbonyl (C=O) groups is 2. The number of amides is 2. The third kappa shape index (κ3) is 5.01. The number of carbonyl (C=O) groups excluding carboxylic acids is 2. The molecule has 2 aromatic carbocycles. The number of methoxy groups -OCH3 is 1. The van der Waals surface area contributed by atoms with Crippen molar-refractivity contribution in [1.82, 2.24) is 10.2 Å². The van der Waals surface area contributed by atoms with Gasteiger partial charge in [-0.3, -0.25) is 9.69 Å². The number of hydrogen-bond acceptors (Lipinski definition) is 5. The summed E-state index contributed by atoms with van der Waals surface area (Å²) in [6.07, 6.45) is -1.17. The van der Waals surface area contributed by atoms with Crippen molar-refractivity contribution in [3.05, 3.63) is 65.7 Å². The Morgan fingerprint density at radius 1 is 1.11 bits per heavy atom. The van der Waals surface area contributed by atoms with Gasteiger partial charge in [-0.15, -0.1) is 0 Å². The van der Waals surface area contributed by atoms with Crippen LogP contribution in [0.15, 0.2) is 54.6 Å². The Balaban J connectivity index is 1.55. The molecule has 1 aliphatic heterocycles. The van der Waals surface area contributed by atoms with E-state index in [-0.39, 0.29) is 25.5 Å². The summed E-state index contributed by atoms with van der Waals surface area (Å²) in [6.45, 7) is 0.514. The molecule has 0 bridgehead atoms. The van der Waals surface area contributed by atoms with E-state index >= 15 is 0 Å². The summed E-state index contributed by atoms with van der Waals surface area (Å²) in [7, 11) is 1.58. The van der Waals surface area contributed by atoms with Gasteiger partial charge in [0.2, 0.25) is 5.91 Å². The highest BCUT2D eigenvalue weighted by Crippen LogP contribution is 2.20. The highest BCUT2D eigenvalue weighted by molar-refractivity contribution is 5.86. The maximum atomic E-state index is 12.5. The highest BCUT2D eigenvalue weighted by atomic mass is 16.6. The van der Waals surface area contributed by atoms with Crippen LogP contribution in [-0.2, 0) is 22.7 Å². The summed E-state index contributed by atoms with van der Waals surface area (Å²) >= 11 is 0. The van der Waals surface area contributed by atoms with Crippen molar-refractivity contribution in [3.8, 4) is 5.75 Å². The second kappa shape index (κ2) is 9.23. The quantitative estimate of drug-likeness (QED) is 0.796. The minimum Gasteiger partial charge on any atom is -0.497 e. The van der Waals surface area contributed by atoms with Crippen LogP contribution in [-0.4, -0.2) is 47.8 Å². The number of rotatable bonds is 6. The molecule has 1 heterocycles. The molecule has 1 aliphatic rings. The maximum Gasteiger partial charge on any atom is 0.410 e. The molecule has 2 atom stereocenters. The van der Waals surface area contributed by atoms with E-state index in [2.05, 4.69) is 5.32 Å². The predicted octanol–water partition coefficient (Wildman–Crippen LogP) is 2.08. The fourth-order valence-electron chi connectivity index (χ4n) is 3.12. The van der Waals surface area contributed by atoms with Crippen LogP contribution in [0.25, 0.3) is 0 Å². The molecule has 2 amide bonds. The lowest BCUT2D eigenvalue weighted by Crippen LogP contribution is -2.45. The van der Waals surface area contributed by atoms with Gasteiger partial charge < -0.3 is 19.9 Å². The number of benzene rings is 2. The van der Waals surface area contributed by atoms with E-state index in [1.165, 1.54) is 4.90 Å². The molecule has 0 unspecified atom stereocenters. The molecule has 2 aromatic rings. The van der Waals surface area contributed by atoms with Crippen molar-refractivity contribution in [1.29, 1.82) is 0 Å². The summed E-state index contributed by atoms with van der Waals surface area (Å²) in [5, 5.41) is 12.8. The van der Waals surface area contributed by atoms with Gasteiger partial charge in [-0.25, -0.2) is 4.79 Å². The first-order valence-corrected chi connectivity index (χ1v) is 9.13. The largest absolute Gasteiger partial charge is 0.497 e. The lowest BCUT2D eigenvalue weighted by atomic mass is 10.1. The molecule has 0 aliphatic carbocycles. The normalized spacial score (nSPS) is 18.6. The molecule has 1 fully saturated rings. The van der Waals surface area contributed by atoms with Crippen molar-refractivity contribution in [2.75, 3.05) is 13.7 Å². The monoisotopic (exact) mass is 384 g/mol. The average molecular weight is 384 g/mol. The fourth-order valence-corrected chi connectivity index (χ4v) is 3.12. The SMILES string of the molecule is COc1ccc(COC(=O)N2C[C@H](O)C[C@H]2C(=O)NCc2ccccc2)cc1. The molecule has 0 aromatic heterocycles. The Hall–Kier alpha value is -3.06. The Kier molecular flexibility index (Phi) is 6.49. The molecule has 2 N–H and O–H groups in total. The summed E-state index contributed by atoms with van der Waals surface area (Å²) < 4.78 is 10.4. The molecule has 1 saturated heterocycles. The Morgan fingerprint density at radius 3 is 2.50 bits per heavy atom. The second-order valence-electron chi connectivity index (χ2n) is 6.66. The van der Waals surface area contributed by atoms with Crippen molar-refractivity contribution in [3.63, 3.8) is 0 Å². The van der Waals surface area contributed by atoms with Crippen LogP contribution < -0.4 is 10.1 Å². The van der Waals surface area contributed by atoms with E-state index in [0.29, 0.717) is 12.3 Å². The Bertz CT molecular complexity index is 794. The number of β-amino-alcohol motifs (C(OH)–C–C–N with tert-alkyl or cyclic N) is 1. The van der Waals surface area contributed by atoms with Gasteiger partial charge in [-0.1, -0.05) is 42.5 Å². The van der Waals surface area contributed by atoms with Crippen LogP contribution in [0.3, 0.4) is 0 Å². The zero-order valence-corrected chi connectivity index (χ0v) is 15.7. The van der Waals surface area contributed by atoms with Crippen molar-refractivity contribution in [2.24, 2.45) is 0 Å². The predicted molar refractivity (Wildman–Crippen MR) is 103 cm³/mol. The minimum absolute atomic E-state index is 0.0743. The van der Waals surface area contributed by atoms with Crippen molar-refractivity contribution >= 4 is 12.0 Å². The van der Waals surface area contributed by atoms with E-state index in [4.69, 9.17) is 9.47 Å². The molecule has 3 rings (SSSR count). The van der Waals surface area contributed by atoms with Gasteiger partial charge >= 0.3 is 6.09 Å². The van der Waals surface area contributed by atoms with E-state index in [0.717, 1.165) is 11.1 Å². The van der Waals surface area contributed by atoms with E-state index in [1.807, 2.05) is 30.3 Å². The van der Waals surface area contributed by atoms with Gasteiger partial charge in [0.15, 0.2) is 0 Å². The molecule has 7 heteroatoms. The lowest BCUT2D eigenvalue weighted by molar-refractivity contribution is -0.125. The number of hydrogen-bond donors (Lipinski definition) is 2. The summed E-state index contributed by atoms with van der Waals surface area (Å²) in [5.41, 5.74) is 1.77. The molecular weight excluding hydrogens is 360 g/mol. The standard InChI is InChI=1S/C21H24N2O5/c1-27-18-9-7-16(8-10-18)14-28-21(26)23-13-17(24)11-19(23)20(25)22-12-15-5-3-2-4-6-15/h2-10,17,19,24H,11-14H2,1H3,(H,22,25)/t17-,19+/m1/s1. The number of nitrogens with one attached hydrogen (secondary N) is 1. The molecule has 148 valence electrons. The first-order valence-electron chi connectivity index (χ1n) is 9.13. The number of aliphatic hydroxyl groups excluding tert-OH is 1. The van der Waals surface area contributed by atoms with Crippen LogP contribution in [0.1, 0.15) is 17.5 Å². The average Bonchev–Trinajstić information content (AvgIpc) is 3.13. The first-order chi connectivity index (χ1) is 13.6. The van der Waals surface area contributed by atoms with Gasteiger partial charge in [-0.05, 0) is 23.3 Å². The van der Waals surface area contributed by atoms with Gasteiger partial charge in [0.25, 0.3) is 0 Å². The van der Waals surface area contributed by atoms with Crippen molar-refractivity contribution < 1.29 is 24.2 Å². The molecule has 0 saturated carbocycles. The van der Waals surface area contributed by atoms with Gasteiger partial charge in [0.05, 0.1) is 19.8 Å². The summed E-state index contributed by atoms with van der Waals surface area (Å²) in [4.78, 5) is 26.3. The lowest BCUT2D eigenvalue weighted by Gasteiger charge is -2.23. The molecule has 0 radical (unpaired) electrons. The number of likely N-dealkylation sites (tertiary alicyclic amines) is 1.